The zero-order chi connectivity index (χ0) is 31.4. The van der Waals surface area contributed by atoms with Crippen molar-refractivity contribution in [1.29, 1.82) is 0 Å². The van der Waals surface area contributed by atoms with Crippen LogP contribution < -0.4 is 0 Å². The quantitative estimate of drug-likeness (QED) is 0.157. The van der Waals surface area contributed by atoms with E-state index >= 15 is 0 Å². The predicted molar refractivity (Wildman–Crippen MR) is 134 cm³/mol. The lowest BCUT2D eigenvalue weighted by Gasteiger charge is -2.16. The van der Waals surface area contributed by atoms with Crippen molar-refractivity contribution in [3.63, 3.8) is 0 Å². The van der Waals surface area contributed by atoms with Crippen LogP contribution in [-0.4, -0.2) is 110 Å². The standard InChI is InChI=1S/C25H40O16/c1-15(26)10-34-20(28)6-8-22(30)39-17(3)12-36-24(32)37-14-19(5)41-25(33)38-13-18(4)40-23(31)9-7-21(29)35-11-16(2)27/h15-19,26-27H,6-14H2,1-5H3. The molecular weight excluding hydrogens is 556 g/mol. The number of aliphatic hydroxyl groups excluding tert-OH is 2. The maximum atomic E-state index is 11.8. The first-order valence-electron chi connectivity index (χ1n) is 12.9. The molecule has 16 nitrogen and oxygen atoms in total. The molecule has 0 bridgehead atoms. The molecule has 0 aliphatic carbocycles. The van der Waals surface area contributed by atoms with Gasteiger partial charge in [-0.25, -0.2) is 9.59 Å². The Kier molecular flexibility index (Phi) is 19.2. The number of carbonyl (C=O) groups is 6. The molecular formula is C25H40O16. The summed E-state index contributed by atoms with van der Waals surface area (Å²) in [6, 6.07) is 0. The van der Waals surface area contributed by atoms with E-state index in [1.165, 1.54) is 34.6 Å². The van der Waals surface area contributed by atoms with Crippen LogP contribution in [-0.2, 0) is 57.1 Å². The highest BCUT2D eigenvalue weighted by atomic mass is 16.8. The molecule has 0 amide bonds. The van der Waals surface area contributed by atoms with Gasteiger partial charge in [-0.2, -0.15) is 0 Å². The van der Waals surface area contributed by atoms with E-state index in [2.05, 4.69) is 0 Å². The van der Waals surface area contributed by atoms with Crippen molar-refractivity contribution in [2.45, 2.75) is 90.8 Å². The Bertz CT molecular complexity index is 839. The molecule has 41 heavy (non-hydrogen) atoms. The molecule has 0 aromatic carbocycles. The van der Waals surface area contributed by atoms with Gasteiger partial charge >= 0.3 is 36.2 Å². The Morgan fingerprint density at radius 2 is 0.756 bits per heavy atom. The highest BCUT2D eigenvalue weighted by molar-refractivity contribution is 5.78. The Balaban J connectivity index is 4.04. The lowest BCUT2D eigenvalue weighted by molar-refractivity contribution is -0.155. The molecule has 2 N–H and O–H groups in total. The minimum absolute atomic E-state index is 0.184. The first kappa shape index (κ1) is 37.3. The Labute approximate surface area is 237 Å². The highest BCUT2D eigenvalue weighted by Crippen LogP contribution is 2.04. The second-order valence-corrected chi connectivity index (χ2v) is 9.03. The van der Waals surface area contributed by atoms with E-state index in [9.17, 15) is 28.8 Å². The van der Waals surface area contributed by atoms with Gasteiger partial charge in [0.2, 0.25) is 0 Å². The third-order valence-electron chi connectivity index (χ3n) is 4.31. The maximum absolute atomic E-state index is 11.8. The molecule has 0 saturated heterocycles. The molecule has 0 heterocycles. The second-order valence-electron chi connectivity index (χ2n) is 9.03. The topological polar surface area (TPSA) is 217 Å². The molecule has 0 radical (unpaired) electrons. The van der Waals surface area contributed by atoms with E-state index in [0.717, 1.165) is 0 Å². The molecule has 0 aromatic rings. The third-order valence-corrected chi connectivity index (χ3v) is 4.31. The summed E-state index contributed by atoms with van der Waals surface area (Å²) in [6.45, 7) is 5.76. The van der Waals surface area contributed by atoms with Crippen LogP contribution in [0.4, 0.5) is 9.59 Å². The fourth-order valence-electron chi connectivity index (χ4n) is 2.44. The van der Waals surface area contributed by atoms with Crippen LogP contribution in [0.25, 0.3) is 0 Å². The van der Waals surface area contributed by atoms with Gasteiger partial charge in [-0.3, -0.25) is 19.2 Å². The number of ether oxygens (including phenoxy) is 8. The van der Waals surface area contributed by atoms with E-state index in [4.69, 9.17) is 48.1 Å². The van der Waals surface area contributed by atoms with Crippen LogP contribution >= 0.6 is 0 Å². The molecule has 0 saturated carbocycles. The molecule has 0 aliphatic rings. The minimum Gasteiger partial charge on any atom is -0.463 e. The van der Waals surface area contributed by atoms with Crippen molar-refractivity contribution in [2.24, 2.45) is 0 Å². The van der Waals surface area contributed by atoms with Gasteiger partial charge < -0.3 is 48.1 Å². The molecule has 0 aliphatic heterocycles. The predicted octanol–water partition coefficient (Wildman–Crippen LogP) is 0.953. The van der Waals surface area contributed by atoms with Gasteiger partial charge in [-0.05, 0) is 34.6 Å². The average Bonchev–Trinajstić information content (AvgIpc) is 2.89. The van der Waals surface area contributed by atoms with E-state index in [1.807, 2.05) is 0 Å². The summed E-state index contributed by atoms with van der Waals surface area (Å²) in [5.41, 5.74) is 0. The smallest absolute Gasteiger partial charge is 0.463 e. The van der Waals surface area contributed by atoms with Crippen molar-refractivity contribution in [1.82, 2.24) is 0 Å². The summed E-state index contributed by atoms with van der Waals surface area (Å²) in [5, 5.41) is 18.1. The van der Waals surface area contributed by atoms with Crippen LogP contribution in [0, 0.1) is 0 Å². The number of hydrogen-bond acceptors (Lipinski definition) is 16. The first-order chi connectivity index (χ1) is 19.2. The molecule has 0 spiro atoms. The van der Waals surface area contributed by atoms with Crippen molar-refractivity contribution in [3.05, 3.63) is 0 Å². The van der Waals surface area contributed by atoms with Gasteiger partial charge in [0.15, 0.2) is 0 Å². The highest BCUT2D eigenvalue weighted by Gasteiger charge is 2.19. The monoisotopic (exact) mass is 596 g/mol. The summed E-state index contributed by atoms with van der Waals surface area (Å²) < 4.78 is 38.8. The third kappa shape index (κ3) is 22.8. The number of aliphatic hydroxyl groups is 2. The maximum Gasteiger partial charge on any atom is 0.508 e. The average molecular weight is 597 g/mol. The van der Waals surface area contributed by atoms with Gasteiger partial charge in [-0.15, -0.1) is 0 Å². The number of rotatable bonds is 19. The molecule has 5 unspecified atom stereocenters. The number of esters is 4. The first-order valence-corrected chi connectivity index (χ1v) is 12.9. The fourth-order valence-corrected chi connectivity index (χ4v) is 2.44. The lowest BCUT2D eigenvalue weighted by atomic mass is 10.3. The zero-order valence-corrected chi connectivity index (χ0v) is 23.9. The Morgan fingerprint density at radius 1 is 0.439 bits per heavy atom. The van der Waals surface area contributed by atoms with E-state index in [0.29, 0.717) is 0 Å². The van der Waals surface area contributed by atoms with Crippen molar-refractivity contribution >= 4 is 36.2 Å². The molecule has 0 fully saturated rings. The summed E-state index contributed by atoms with van der Waals surface area (Å²) in [6.07, 6.45) is -7.49. The van der Waals surface area contributed by atoms with Gasteiger partial charge in [0.1, 0.15) is 51.3 Å². The Hall–Kier alpha value is -3.66. The van der Waals surface area contributed by atoms with Crippen LogP contribution in [0.3, 0.4) is 0 Å². The molecule has 0 aromatic heterocycles. The molecule has 236 valence electrons. The number of carbonyl (C=O) groups excluding carboxylic acids is 6. The van der Waals surface area contributed by atoms with Crippen molar-refractivity contribution < 1.29 is 76.9 Å². The largest absolute Gasteiger partial charge is 0.508 e. The SMILES string of the molecule is CC(O)COC(=O)CCC(=O)OC(C)COC(=O)OCC(C)OC(=O)OCC(C)OC(=O)CCC(=O)OCC(C)O. The lowest BCUT2D eigenvalue weighted by Crippen LogP contribution is -2.27. The fraction of sp³-hybridized carbons (Fsp3) is 0.760. The zero-order valence-electron chi connectivity index (χ0n) is 23.9. The summed E-state index contributed by atoms with van der Waals surface area (Å²) >= 11 is 0. The van der Waals surface area contributed by atoms with Gasteiger partial charge in [-0.1, -0.05) is 0 Å². The van der Waals surface area contributed by atoms with E-state index in [1.54, 1.807) is 0 Å². The van der Waals surface area contributed by atoms with Crippen LogP contribution in [0.5, 0.6) is 0 Å². The normalized spacial score (nSPS) is 14.2. The van der Waals surface area contributed by atoms with Gasteiger partial charge in [0, 0.05) is 0 Å². The van der Waals surface area contributed by atoms with E-state index in [-0.39, 0.29) is 58.7 Å². The van der Waals surface area contributed by atoms with Crippen LogP contribution in [0.2, 0.25) is 0 Å². The second kappa shape index (κ2) is 21.1. The Morgan fingerprint density at radius 3 is 1.12 bits per heavy atom. The van der Waals surface area contributed by atoms with Crippen LogP contribution in [0.15, 0.2) is 0 Å². The van der Waals surface area contributed by atoms with Crippen molar-refractivity contribution in [2.75, 3.05) is 33.0 Å². The van der Waals surface area contributed by atoms with E-state index < -0.39 is 66.7 Å². The summed E-state index contributed by atoms with van der Waals surface area (Å²) in [7, 11) is 0. The molecule has 0 rings (SSSR count). The summed E-state index contributed by atoms with van der Waals surface area (Å²) in [5.74, 6) is -2.78. The van der Waals surface area contributed by atoms with Gasteiger partial charge in [0.25, 0.3) is 0 Å². The van der Waals surface area contributed by atoms with Crippen LogP contribution in [0.1, 0.15) is 60.3 Å². The minimum atomic E-state index is -1.12. The summed E-state index contributed by atoms with van der Waals surface area (Å²) in [4.78, 5) is 69.8. The number of hydrogen-bond donors (Lipinski definition) is 2. The van der Waals surface area contributed by atoms with Crippen molar-refractivity contribution in [3.8, 4) is 0 Å². The molecule has 16 heteroatoms. The van der Waals surface area contributed by atoms with Gasteiger partial charge in [0.05, 0.1) is 37.9 Å². The molecule has 5 atom stereocenters.